The van der Waals surface area contributed by atoms with E-state index in [9.17, 15) is 0 Å². The van der Waals surface area contributed by atoms with Gasteiger partial charge in [0, 0.05) is 0 Å². The van der Waals surface area contributed by atoms with E-state index >= 15 is 0 Å². The first kappa shape index (κ1) is 15.9. The summed E-state index contributed by atoms with van der Waals surface area (Å²) in [5.74, 6) is 14.9. The van der Waals surface area contributed by atoms with Gasteiger partial charge in [-0.1, -0.05) is 0 Å². The van der Waals surface area contributed by atoms with Crippen LogP contribution < -0.4 is 8.79 Å². The molecule has 0 aliphatic carbocycles. The van der Waals surface area contributed by atoms with Crippen molar-refractivity contribution in [1.29, 1.82) is 0 Å². The molecule has 0 saturated heterocycles. The van der Waals surface area contributed by atoms with Gasteiger partial charge in [0.1, 0.15) is 0 Å². The Labute approximate surface area is 129 Å². The van der Waals surface area contributed by atoms with E-state index in [2.05, 4.69) is 83.1 Å². The zero-order valence-corrected chi connectivity index (χ0v) is 17.8. The Morgan fingerprint density at radius 3 is 1.10 bits per heavy atom. The van der Waals surface area contributed by atoms with Crippen molar-refractivity contribution in [3.8, 4) is 11.1 Å². The van der Waals surface area contributed by atoms with Crippen molar-refractivity contribution in [3.63, 3.8) is 0 Å². The van der Waals surface area contributed by atoms with E-state index in [4.69, 9.17) is 0 Å². The van der Waals surface area contributed by atoms with E-state index in [1.54, 1.807) is 8.79 Å². The molecule has 0 spiro atoms. The third kappa shape index (κ3) is 3.40. The SMILES string of the molecule is [CH3][Ge]([CH3])([CH3])[c]1ccccc1-c1cccc[c]1[Ge]([CH3])([CH3])[CH3]. The monoisotopic (exact) mass is 390 g/mol. The standard InChI is InChI=1S/C18H26Ge2/c1-19(2,3)17-13-9-7-11-15(17)16-12-8-10-14-18(16)20(4,5)6/h7-14H,1-6H3. The van der Waals surface area contributed by atoms with Gasteiger partial charge >= 0.3 is 130 Å². The van der Waals surface area contributed by atoms with Crippen LogP contribution >= 0.6 is 0 Å². The molecule has 0 saturated carbocycles. The van der Waals surface area contributed by atoms with Crippen molar-refractivity contribution >= 4 is 35.3 Å². The summed E-state index contributed by atoms with van der Waals surface area (Å²) in [7, 11) is 0. The number of benzene rings is 2. The maximum absolute atomic E-state index is 2.49. The van der Waals surface area contributed by atoms with Crippen LogP contribution in [-0.2, 0) is 0 Å². The molecular formula is C18H26Ge2. The second-order valence-electron chi connectivity index (χ2n) is 7.59. The van der Waals surface area contributed by atoms with Gasteiger partial charge in [0.15, 0.2) is 0 Å². The van der Waals surface area contributed by atoms with E-state index in [0.717, 1.165) is 0 Å². The molecule has 0 aromatic heterocycles. The molecular weight excluding hydrogens is 361 g/mol. The van der Waals surface area contributed by atoms with Crippen molar-refractivity contribution in [3.05, 3.63) is 48.5 Å². The molecule has 2 aromatic carbocycles. The van der Waals surface area contributed by atoms with Crippen LogP contribution in [0.4, 0.5) is 0 Å². The Morgan fingerprint density at radius 1 is 0.500 bits per heavy atom. The van der Waals surface area contributed by atoms with Gasteiger partial charge < -0.3 is 0 Å². The zero-order chi connectivity index (χ0) is 15.0. The Morgan fingerprint density at radius 2 is 0.800 bits per heavy atom. The van der Waals surface area contributed by atoms with E-state index in [1.165, 1.54) is 11.1 Å². The molecule has 0 aliphatic rings. The second-order valence-corrected chi connectivity index (χ2v) is 28.7. The molecule has 0 unspecified atom stereocenters. The van der Waals surface area contributed by atoms with Crippen molar-refractivity contribution in [1.82, 2.24) is 0 Å². The summed E-state index contributed by atoms with van der Waals surface area (Å²) in [5, 5.41) is 0. The van der Waals surface area contributed by atoms with Crippen LogP contribution in [0.1, 0.15) is 0 Å². The van der Waals surface area contributed by atoms with Gasteiger partial charge in [-0.2, -0.15) is 0 Å². The summed E-state index contributed by atoms with van der Waals surface area (Å²) < 4.78 is 3.26. The third-order valence-electron chi connectivity index (χ3n) is 3.76. The van der Waals surface area contributed by atoms with Crippen molar-refractivity contribution in [2.75, 3.05) is 0 Å². The molecule has 2 heteroatoms. The molecule has 0 bridgehead atoms. The summed E-state index contributed by atoms with van der Waals surface area (Å²) in [6.07, 6.45) is 0. The molecule has 0 amide bonds. The van der Waals surface area contributed by atoms with E-state index < -0.39 is 26.5 Å². The first-order valence-corrected chi connectivity index (χ1v) is 22.1. The number of hydrogen-bond donors (Lipinski definition) is 0. The third-order valence-corrected chi connectivity index (χ3v) is 12.4. The Bertz CT molecular complexity index is 546. The number of hydrogen-bond acceptors (Lipinski definition) is 0. The maximum atomic E-state index is 2.49. The van der Waals surface area contributed by atoms with Crippen LogP contribution in [0.5, 0.6) is 0 Å². The molecule has 2 aromatic rings. The average molecular weight is 388 g/mol. The Hall–Kier alpha value is -0.474. The van der Waals surface area contributed by atoms with Crippen molar-refractivity contribution in [2.24, 2.45) is 0 Å². The van der Waals surface area contributed by atoms with Crippen LogP contribution in [0.3, 0.4) is 0 Å². The van der Waals surface area contributed by atoms with E-state index in [0.29, 0.717) is 0 Å². The molecule has 0 N–H and O–H groups in total. The molecule has 2 rings (SSSR count). The summed E-state index contributed by atoms with van der Waals surface area (Å²) in [6, 6.07) is 18.2. The minimum absolute atomic E-state index is 1.50. The summed E-state index contributed by atoms with van der Waals surface area (Å²) in [5.41, 5.74) is 2.99. The second kappa shape index (κ2) is 5.73. The molecule has 0 atom stereocenters. The van der Waals surface area contributed by atoms with Gasteiger partial charge in [-0.25, -0.2) is 0 Å². The fraction of sp³-hybridized carbons (Fsp3) is 0.333. The zero-order valence-electron chi connectivity index (χ0n) is 13.6. The van der Waals surface area contributed by atoms with Gasteiger partial charge in [-0.05, 0) is 0 Å². The molecule has 0 nitrogen and oxygen atoms in total. The van der Waals surface area contributed by atoms with Gasteiger partial charge in [-0.15, -0.1) is 0 Å². The fourth-order valence-electron chi connectivity index (χ4n) is 2.74. The normalized spacial score (nSPS) is 12.5. The summed E-state index contributed by atoms with van der Waals surface area (Å²) in [6.45, 7) is 0. The Balaban J connectivity index is 2.71. The Kier molecular flexibility index (Phi) is 4.55. The molecule has 0 radical (unpaired) electrons. The average Bonchev–Trinajstić information content (AvgIpc) is 2.37. The van der Waals surface area contributed by atoms with Crippen LogP contribution in [0, 0.1) is 0 Å². The summed E-state index contributed by atoms with van der Waals surface area (Å²) in [4.78, 5) is 0. The molecule has 20 heavy (non-hydrogen) atoms. The fourth-order valence-corrected chi connectivity index (χ4v) is 9.55. The predicted octanol–water partition coefficient (Wildman–Crippen LogP) is 4.44. The first-order chi connectivity index (χ1) is 9.21. The van der Waals surface area contributed by atoms with E-state index in [-0.39, 0.29) is 0 Å². The molecule has 0 heterocycles. The molecule has 106 valence electrons. The van der Waals surface area contributed by atoms with Gasteiger partial charge in [-0.3, -0.25) is 0 Å². The van der Waals surface area contributed by atoms with Gasteiger partial charge in [0.25, 0.3) is 0 Å². The van der Waals surface area contributed by atoms with Crippen LogP contribution in [0.2, 0.25) is 34.5 Å². The predicted molar refractivity (Wildman–Crippen MR) is 97.8 cm³/mol. The first-order valence-electron chi connectivity index (χ1n) is 7.40. The molecule has 0 fully saturated rings. The van der Waals surface area contributed by atoms with Gasteiger partial charge in [0.2, 0.25) is 0 Å². The number of rotatable bonds is 3. The van der Waals surface area contributed by atoms with Crippen LogP contribution in [0.15, 0.2) is 48.5 Å². The van der Waals surface area contributed by atoms with Crippen LogP contribution in [0.25, 0.3) is 11.1 Å². The van der Waals surface area contributed by atoms with Crippen LogP contribution in [-0.4, -0.2) is 26.5 Å². The quantitative estimate of drug-likeness (QED) is 0.683. The topological polar surface area (TPSA) is 0 Å². The van der Waals surface area contributed by atoms with Crippen molar-refractivity contribution in [2.45, 2.75) is 34.5 Å². The molecule has 0 aliphatic heterocycles. The van der Waals surface area contributed by atoms with Crippen molar-refractivity contribution < 1.29 is 0 Å². The minimum atomic E-state index is -1.85. The van der Waals surface area contributed by atoms with Gasteiger partial charge in [0.05, 0.1) is 0 Å². The van der Waals surface area contributed by atoms with E-state index in [1.807, 2.05) is 0 Å². The summed E-state index contributed by atoms with van der Waals surface area (Å²) >= 11 is -3.69.